The largest absolute Gasteiger partial charge is 0.497 e. The van der Waals surface area contributed by atoms with Crippen molar-refractivity contribution in [2.75, 3.05) is 33.3 Å². The van der Waals surface area contributed by atoms with Gasteiger partial charge in [-0.25, -0.2) is 8.42 Å². The Hall–Kier alpha value is -2.42. The van der Waals surface area contributed by atoms with E-state index >= 15 is 0 Å². The van der Waals surface area contributed by atoms with Crippen molar-refractivity contribution in [3.05, 3.63) is 59.7 Å². The number of carbonyl (C=O) groups excluding carboxylic acids is 1. The second kappa shape index (κ2) is 11.3. The summed E-state index contributed by atoms with van der Waals surface area (Å²) in [6, 6.07) is 14.7. The minimum Gasteiger partial charge on any atom is -0.497 e. The quantitative estimate of drug-likeness (QED) is 0.620. The van der Waals surface area contributed by atoms with Crippen molar-refractivity contribution in [2.45, 2.75) is 50.1 Å². The van der Waals surface area contributed by atoms with Crippen LogP contribution in [0, 0.1) is 5.92 Å². The van der Waals surface area contributed by atoms with Gasteiger partial charge in [0.1, 0.15) is 5.75 Å². The number of methoxy groups -OCH3 is 1. The Kier molecular flexibility index (Phi) is 8.24. The van der Waals surface area contributed by atoms with Crippen LogP contribution in [0.4, 0.5) is 0 Å². The van der Waals surface area contributed by atoms with Crippen LogP contribution in [0.5, 0.6) is 5.75 Å². The van der Waals surface area contributed by atoms with Gasteiger partial charge in [0.2, 0.25) is 15.9 Å². The van der Waals surface area contributed by atoms with Crippen LogP contribution in [0.25, 0.3) is 0 Å². The van der Waals surface area contributed by atoms with E-state index in [0.29, 0.717) is 31.7 Å². The van der Waals surface area contributed by atoms with Crippen molar-refractivity contribution in [1.82, 2.24) is 14.5 Å². The van der Waals surface area contributed by atoms with E-state index in [1.165, 1.54) is 29.1 Å². The fourth-order valence-electron chi connectivity index (χ4n) is 4.84. The Morgan fingerprint density at radius 2 is 1.68 bits per heavy atom. The number of ether oxygens (including phenoxy) is 1. The molecule has 8 heteroatoms. The number of nitrogens with zero attached hydrogens (tertiary/aromatic N) is 2. The van der Waals surface area contributed by atoms with Crippen LogP contribution in [-0.4, -0.2) is 56.8 Å². The topological polar surface area (TPSA) is 79.0 Å². The normalized spacial score (nSPS) is 20.1. The van der Waals surface area contributed by atoms with Gasteiger partial charge in [0.05, 0.1) is 17.9 Å². The summed E-state index contributed by atoms with van der Waals surface area (Å²) in [4.78, 5) is 15.7. The van der Waals surface area contributed by atoms with Gasteiger partial charge in [-0.05, 0) is 74.2 Å². The van der Waals surface area contributed by atoms with Crippen molar-refractivity contribution < 1.29 is 17.9 Å². The van der Waals surface area contributed by atoms with Crippen LogP contribution in [0.1, 0.15) is 43.2 Å². The van der Waals surface area contributed by atoms with Crippen LogP contribution in [-0.2, 0) is 27.9 Å². The van der Waals surface area contributed by atoms with Crippen molar-refractivity contribution in [3.8, 4) is 5.75 Å². The second-order valence-corrected chi connectivity index (χ2v) is 11.1. The highest BCUT2D eigenvalue weighted by Gasteiger charge is 2.33. The molecule has 2 aromatic carbocycles. The maximum atomic E-state index is 13.1. The highest BCUT2D eigenvalue weighted by molar-refractivity contribution is 7.89. The predicted molar refractivity (Wildman–Crippen MR) is 132 cm³/mol. The molecule has 2 aromatic rings. The van der Waals surface area contributed by atoms with E-state index in [-0.39, 0.29) is 23.3 Å². The number of piperidine rings is 2. The zero-order chi connectivity index (χ0) is 24.0. The summed E-state index contributed by atoms with van der Waals surface area (Å²) < 4.78 is 32.8. The highest BCUT2D eigenvalue weighted by atomic mass is 32.2. The first-order valence-corrected chi connectivity index (χ1v) is 13.6. The summed E-state index contributed by atoms with van der Waals surface area (Å²) in [6.45, 7) is 4.25. The number of hydrogen-bond donors (Lipinski definition) is 1. The number of carbonyl (C=O) groups is 1. The molecule has 0 unspecified atom stereocenters. The van der Waals surface area contributed by atoms with Gasteiger partial charge in [0.25, 0.3) is 0 Å². The Labute approximate surface area is 203 Å². The summed E-state index contributed by atoms with van der Waals surface area (Å²) in [5.74, 6) is 0.175. The van der Waals surface area contributed by atoms with Crippen molar-refractivity contribution >= 4 is 15.9 Å². The van der Waals surface area contributed by atoms with Gasteiger partial charge < -0.3 is 10.1 Å². The van der Waals surface area contributed by atoms with Crippen LogP contribution < -0.4 is 10.1 Å². The Morgan fingerprint density at radius 3 is 2.38 bits per heavy atom. The van der Waals surface area contributed by atoms with Crippen LogP contribution in [0.2, 0.25) is 0 Å². The van der Waals surface area contributed by atoms with E-state index in [1.54, 1.807) is 31.4 Å². The third-order valence-corrected chi connectivity index (χ3v) is 8.75. The van der Waals surface area contributed by atoms with Gasteiger partial charge in [-0.15, -0.1) is 0 Å². The predicted octanol–water partition coefficient (Wildman–Crippen LogP) is 3.40. The lowest BCUT2D eigenvalue weighted by molar-refractivity contribution is -0.126. The molecule has 0 bridgehead atoms. The van der Waals surface area contributed by atoms with Crippen LogP contribution >= 0.6 is 0 Å². The molecule has 0 aromatic heterocycles. The average Bonchev–Trinajstić information content (AvgIpc) is 2.88. The summed E-state index contributed by atoms with van der Waals surface area (Å²) >= 11 is 0. The molecule has 1 N–H and O–H groups in total. The number of hydrogen-bond acceptors (Lipinski definition) is 5. The molecular formula is C26H35N3O4S. The third-order valence-electron chi connectivity index (χ3n) is 6.87. The molecule has 184 valence electrons. The van der Waals surface area contributed by atoms with E-state index in [2.05, 4.69) is 22.3 Å². The molecule has 0 aliphatic carbocycles. The van der Waals surface area contributed by atoms with Gasteiger partial charge in [0, 0.05) is 26.2 Å². The number of amides is 1. The van der Waals surface area contributed by atoms with Crippen molar-refractivity contribution in [1.29, 1.82) is 0 Å². The first-order valence-electron chi connectivity index (χ1n) is 12.2. The van der Waals surface area contributed by atoms with E-state index in [1.807, 2.05) is 12.1 Å². The molecule has 4 rings (SSSR count). The van der Waals surface area contributed by atoms with Gasteiger partial charge in [0.15, 0.2) is 0 Å². The monoisotopic (exact) mass is 485 g/mol. The summed E-state index contributed by atoms with van der Waals surface area (Å²) in [7, 11) is -2.11. The molecule has 2 fully saturated rings. The summed E-state index contributed by atoms with van der Waals surface area (Å²) in [5.41, 5.74) is 2.37. The SMILES string of the molecule is COc1ccc(S(=O)(=O)N2CCC[C@H](C(=O)NCc3ccccc3CN3CCCCC3)C2)cc1. The van der Waals surface area contributed by atoms with Crippen molar-refractivity contribution in [2.24, 2.45) is 5.92 Å². The molecule has 0 radical (unpaired) electrons. The smallest absolute Gasteiger partial charge is 0.243 e. The van der Waals surface area contributed by atoms with Gasteiger partial charge in [-0.1, -0.05) is 30.7 Å². The lowest BCUT2D eigenvalue weighted by Crippen LogP contribution is -2.45. The first kappa shape index (κ1) is 24.7. The summed E-state index contributed by atoms with van der Waals surface area (Å²) in [5, 5.41) is 3.08. The number of likely N-dealkylation sites (tertiary alicyclic amines) is 1. The summed E-state index contributed by atoms with van der Waals surface area (Å²) in [6.07, 6.45) is 5.16. The Bertz CT molecular complexity index is 1070. The van der Waals surface area contributed by atoms with E-state index < -0.39 is 10.0 Å². The van der Waals surface area contributed by atoms with E-state index in [0.717, 1.165) is 25.2 Å². The molecule has 2 saturated heterocycles. The lowest BCUT2D eigenvalue weighted by atomic mass is 9.98. The Balaban J connectivity index is 1.36. The molecule has 0 spiro atoms. The molecule has 1 atom stereocenters. The zero-order valence-corrected chi connectivity index (χ0v) is 20.7. The second-order valence-electron chi connectivity index (χ2n) is 9.20. The third kappa shape index (κ3) is 5.98. The molecule has 7 nitrogen and oxygen atoms in total. The molecule has 0 saturated carbocycles. The molecule has 34 heavy (non-hydrogen) atoms. The lowest BCUT2D eigenvalue weighted by Gasteiger charge is -2.31. The van der Waals surface area contributed by atoms with Gasteiger partial charge >= 0.3 is 0 Å². The molecular weight excluding hydrogens is 450 g/mol. The number of sulfonamides is 1. The number of nitrogens with one attached hydrogen (secondary N) is 1. The van der Waals surface area contributed by atoms with Crippen LogP contribution in [0.15, 0.2) is 53.4 Å². The molecule has 2 aliphatic rings. The van der Waals surface area contributed by atoms with Gasteiger partial charge in [-0.3, -0.25) is 9.69 Å². The standard InChI is InChI=1S/C26H35N3O4S/c1-33-24-11-13-25(14-12-24)34(31,32)29-17-7-10-23(20-29)26(30)27-18-21-8-3-4-9-22(21)19-28-15-5-2-6-16-28/h3-4,8-9,11-14,23H,2,5-7,10,15-20H2,1H3,(H,27,30)/t23-/m0/s1. The molecule has 2 heterocycles. The molecule has 1 amide bonds. The fourth-order valence-corrected chi connectivity index (χ4v) is 6.36. The van der Waals surface area contributed by atoms with E-state index in [9.17, 15) is 13.2 Å². The first-order chi connectivity index (χ1) is 16.5. The van der Waals surface area contributed by atoms with Gasteiger partial charge in [-0.2, -0.15) is 4.31 Å². The fraction of sp³-hybridized carbons (Fsp3) is 0.500. The maximum absolute atomic E-state index is 13.1. The number of rotatable bonds is 8. The average molecular weight is 486 g/mol. The Morgan fingerprint density at radius 1 is 0.971 bits per heavy atom. The highest BCUT2D eigenvalue weighted by Crippen LogP contribution is 2.25. The minimum absolute atomic E-state index is 0.0811. The van der Waals surface area contributed by atoms with E-state index in [4.69, 9.17) is 4.74 Å². The van der Waals surface area contributed by atoms with Crippen molar-refractivity contribution in [3.63, 3.8) is 0 Å². The molecule has 2 aliphatic heterocycles. The maximum Gasteiger partial charge on any atom is 0.243 e. The minimum atomic E-state index is -3.65. The van der Waals surface area contributed by atoms with Crippen LogP contribution in [0.3, 0.4) is 0 Å². The zero-order valence-electron chi connectivity index (χ0n) is 19.9. The number of benzene rings is 2.